The van der Waals surface area contributed by atoms with E-state index in [9.17, 15) is 5.26 Å². The molecule has 2 N–H and O–H groups in total. The van der Waals surface area contributed by atoms with Crippen molar-refractivity contribution in [1.82, 2.24) is 20.0 Å². The largest absolute Gasteiger partial charge is 0.473 e. The lowest BCUT2D eigenvalue weighted by molar-refractivity contribution is 0.0173. The number of ether oxygens (including phenoxy) is 3. The number of anilines is 1. The molecule has 5 atom stereocenters. The summed E-state index contributed by atoms with van der Waals surface area (Å²) in [5, 5.41) is 14.7. The van der Waals surface area contributed by atoms with E-state index in [0.29, 0.717) is 41.9 Å². The van der Waals surface area contributed by atoms with E-state index < -0.39 is 5.41 Å². The molecule has 0 amide bonds. The highest BCUT2D eigenvalue weighted by atomic mass is 16.5. The molecule has 2 aromatic heterocycles. The molecular formula is C32H38N6O4. The lowest BCUT2D eigenvalue weighted by Gasteiger charge is -2.33. The zero-order chi connectivity index (χ0) is 29.0. The number of nitrogens with two attached hydrogens (primary N) is 1. The molecule has 2 saturated heterocycles. The van der Waals surface area contributed by atoms with Crippen LogP contribution in [0.2, 0.25) is 0 Å². The first kappa shape index (κ1) is 27.3. The number of nitriles is 1. The summed E-state index contributed by atoms with van der Waals surface area (Å²) in [4.78, 5) is 12.2. The van der Waals surface area contributed by atoms with E-state index in [-0.39, 0.29) is 24.2 Å². The lowest BCUT2D eigenvalue weighted by atomic mass is 9.68. The van der Waals surface area contributed by atoms with Gasteiger partial charge in [0.2, 0.25) is 5.88 Å². The minimum absolute atomic E-state index is 0.106. The lowest BCUT2D eigenvalue weighted by Crippen LogP contribution is -2.44. The maximum absolute atomic E-state index is 10.1. The van der Waals surface area contributed by atoms with Gasteiger partial charge in [-0.15, -0.1) is 0 Å². The Bertz CT molecular complexity index is 1540. The minimum atomic E-state index is -0.415. The van der Waals surface area contributed by atoms with Crippen molar-refractivity contribution in [2.24, 2.45) is 0 Å². The van der Waals surface area contributed by atoms with Gasteiger partial charge in [-0.1, -0.05) is 11.2 Å². The van der Waals surface area contributed by atoms with E-state index in [1.165, 1.54) is 5.56 Å². The zero-order valence-electron chi connectivity index (χ0n) is 24.6. The first-order valence-electron chi connectivity index (χ1n) is 15.1. The fraction of sp³-hybridized carbons (Fsp3) is 0.562. The quantitative estimate of drug-likeness (QED) is 0.431. The normalized spacial score (nSPS) is 27.6. The Hall–Kier alpha value is -3.52. The van der Waals surface area contributed by atoms with Crippen LogP contribution in [-0.2, 0) is 27.7 Å². The number of hydrogen-bond acceptors (Lipinski definition) is 10. The van der Waals surface area contributed by atoms with Gasteiger partial charge in [-0.2, -0.15) is 10.2 Å². The van der Waals surface area contributed by atoms with Crippen LogP contribution in [0.3, 0.4) is 0 Å². The van der Waals surface area contributed by atoms with E-state index >= 15 is 0 Å². The molecule has 42 heavy (non-hydrogen) atoms. The molecule has 4 aliphatic rings. The molecule has 4 heterocycles. The monoisotopic (exact) mass is 570 g/mol. The van der Waals surface area contributed by atoms with Crippen LogP contribution >= 0.6 is 0 Å². The highest BCUT2D eigenvalue weighted by Crippen LogP contribution is 2.54. The molecule has 2 aliphatic heterocycles. The van der Waals surface area contributed by atoms with Gasteiger partial charge in [0.05, 0.1) is 35.4 Å². The first-order chi connectivity index (χ1) is 20.4. The number of fused-ring (bicyclic) bond motifs is 4. The fourth-order valence-corrected chi connectivity index (χ4v) is 7.96. The van der Waals surface area contributed by atoms with Gasteiger partial charge in [-0.05, 0) is 76.1 Å². The van der Waals surface area contributed by atoms with Crippen molar-refractivity contribution >= 4 is 5.69 Å². The third-order valence-corrected chi connectivity index (χ3v) is 10.0. The number of aromatic nitrogens is 3. The summed E-state index contributed by atoms with van der Waals surface area (Å²) in [6, 6.07) is 8.36. The van der Waals surface area contributed by atoms with Crippen LogP contribution in [0.15, 0.2) is 22.7 Å². The molecule has 7 rings (SSSR count). The number of rotatable bonds is 6. The number of methoxy groups -OCH3 is 1. The highest BCUT2D eigenvalue weighted by Gasteiger charge is 2.49. The van der Waals surface area contributed by atoms with Gasteiger partial charge in [0.1, 0.15) is 12.2 Å². The summed E-state index contributed by atoms with van der Waals surface area (Å²) in [7, 11) is 3.88. The number of aryl methyl sites for hydroxylation is 1. The summed E-state index contributed by atoms with van der Waals surface area (Å²) < 4.78 is 24.2. The van der Waals surface area contributed by atoms with Crippen molar-refractivity contribution in [2.75, 3.05) is 39.6 Å². The van der Waals surface area contributed by atoms with Gasteiger partial charge in [0.25, 0.3) is 0 Å². The van der Waals surface area contributed by atoms with E-state index in [1.807, 2.05) is 12.1 Å². The standard InChI is InChI=1S/C32H38N6O4/c1-18(29-25(39-3)9-13-38(29)2)41-26-15-24(20-10-14-40-17-20)35-31(36-26)28-21-5-4-11-32(30(21)42-37-28)12-8-19-6-7-23(34)22(16-33)27(19)32/h6-7,15,18,20,25,29H,4-5,8-14,17,34H2,1-3H3. The van der Waals surface area contributed by atoms with Crippen molar-refractivity contribution in [3.8, 4) is 23.5 Å². The number of nitrogens with zero attached hydrogens (tertiary/aromatic N) is 5. The van der Waals surface area contributed by atoms with Gasteiger partial charge >= 0.3 is 0 Å². The van der Waals surface area contributed by atoms with Crippen LogP contribution in [0.4, 0.5) is 5.69 Å². The summed E-state index contributed by atoms with van der Waals surface area (Å²) in [6.45, 7) is 4.38. The van der Waals surface area contributed by atoms with Gasteiger partial charge in [0, 0.05) is 43.5 Å². The third kappa shape index (κ3) is 4.29. The van der Waals surface area contributed by atoms with Crippen LogP contribution in [0.1, 0.15) is 78.7 Å². The topological polar surface area (TPSA) is 133 Å². The average molecular weight is 571 g/mol. The second kappa shape index (κ2) is 10.6. The smallest absolute Gasteiger partial charge is 0.217 e. The van der Waals surface area contributed by atoms with Crippen molar-refractivity contribution in [2.45, 2.75) is 81.5 Å². The summed E-state index contributed by atoms with van der Waals surface area (Å²) in [6.07, 6.45) is 6.23. The maximum atomic E-state index is 10.1. The molecule has 0 bridgehead atoms. The van der Waals surface area contributed by atoms with Crippen molar-refractivity contribution in [3.63, 3.8) is 0 Å². The molecule has 0 radical (unpaired) electrons. The van der Waals surface area contributed by atoms with Crippen LogP contribution in [0.25, 0.3) is 11.5 Å². The van der Waals surface area contributed by atoms with E-state index in [2.05, 4.69) is 36.2 Å². The van der Waals surface area contributed by atoms with Crippen LogP contribution in [0.5, 0.6) is 5.88 Å². The fourth-order valence-electron chi connectivity index (χ4n) is 7.96. The highest BCUT2D eigenvalue weighted by molar-refractivity contribution is 5.68. The SMILES string of the molecule is COC1CCN(C)C1C(C)Oc1cc(C2CCOC2)nc(-c2noc3c2CCCC32CCc3ccc(N)c(C#N)c32)n1. The Morgan fingerprint density at radius 2 is 2.10 bits per heavy atom. The predicted molar refractivity (Wildman–Crippen MR) is 155 cm³/mol. The average Bonchev–Trinajstić information content (AvgIpc) is 3.80. The Morgan fingerprint density at radius 1 is 1.21 bits per heavy atom. The van der Waals surface area contributed by atoms with E-state index in [0.717, 1.165) is 74.1 Å². The van der Waals surface area contributed by atoms with Crippen molar-refractivity contribution in [3.05, 3.63) is 51.9 Å². The number of likely N-dealkylation sites (N-methyl/N-ethyl adjacent to an activating group) is 1. The molecule has 2 fully saturated rings. The van der Waals surface area contributed by atoms with Crippen LogP contribution in [-0.4, -0.2) is 72.2 Å². The molecule has 10 heteroatoms. The van der Waals surface area contributed by atoms with Gasteiger partial charge in [-0.3, -0.25) is 4.90 Å². The zero-order valence-corrected chi connectivity index (χ0v) is 24.6. The van der Waals surface area contributed by atoms with E-state index in [1.54, 1.807) is 7.11 Å². The Balaban J connectivity index is 1.29. The molecule has 0 saturated carbocycles. The number of likely N-dealkylation sites (tertiary alicyclic amines) is 1. The third-order valence-electron chi connectivity index (χ3n) is 10.0. The number of benzene rings is 1. The van der Waals surface area contributed by atoms with Gasteiger partial charge in [0.15, 0.2) is 17.3 Å². The molecular weight excluding hydrogens is 532 g/mol. The molecule has 2 aliphatic carbocycles. The minimum Gasteiger partial charge on any atom is -0.473 e. The van der Waals surface area contributed by atoms with E-state index in [4.69, 9.17) is 34.4 Å². The van der Waals surface area contributed by atoms with Crippen LogP contribution < -0.4 is 10.5 Å². The van der Waals surface area contributed by atoms with Gasteiger partial charge in [-0.25, -0.2) is 4.98 Å². The number of hydrogen-bond donors (Lipinski definition) is 1. The summed E-state index contributed by atoms with van der Waals surface area (Å²) in [5.41, 5.74) is 11.7. The second-order valence-corrected chi connectivity index (χ2v) is 12.3. The Kier molecular flexibility index (Phi) is 6.92. The van der Waals surface area contributed by atoms with Crippen LogP contribution in [0, 0.1) is 11.3 Å². The van der Waals surface area contributed by atoms with Crippen molar-refractivity contribution < 1.29 is 18.7 Å². The maximum Gasteiger partial charge on any atom is 0.217 e. The molecule has 1 spiro atoms. The first-order valence-corrected chi connectivity index (χ1v) is 15.1. The second-order valence-electron chi connectivity index (χ2n) is 12.3. The summed E-state index contributed by atoms with van der Waals surface area (Å²) in [5.74, 6) is 2.03. The number of nitrogen functional groups attached to an aromatic ring is 1. The molecule has 10 nitrogen and oxygen atoms in total. The van der Waals surface area contributed by atoms with Crippen molar-refractivity contribution in [1.29, 1.82) is 5.26 Å². The Labute approximate surface area is 246 Å². The summed E-state index contributed by atoms with van der Waals surface area (Å²) >= 11 is 0. The van der Waals surface area contributed by atoms with Gasteiger partial charge < -0.3 is 24.5 Å². The molecule has 1 aromatic carbocycles. The molecule has 3 aromatic rings. The molecule has 5 unspecified atom stereocenters. The molecule has 220 valence electrons. The predicted octanol–water partition coefficient (Wildman–Crippen LogP) is 4.14. The Morgan fingerprint density at radius 3 is 2.88 bits per heavy atom.